The number of aliphatic hydroxyl groups excluding tert-OH is 4. The van der Waals surface area contributed by atoms with Crippen molar-refractivity contribution in [3.63, 3.8) is 0 Å². The second-order valence-corrected chi connectivity index (χ2v) is 4.60. The highest BCUT2D eigenvalue weighted by Gasteiger charge is 2.53. The van der Waals surface area contributed by atoms with E-state index in [1.807, 2.05) is 0 Å². The molecular formula is C12H16O7. The summed E-state index contributed by atoms with van der Waals surface area (Å²) in [5.41, 5.74) is -1.01. The Morgan fingerprint density at radius 3 is 2.63 bits per heavy atom. The van der Waals surface area contributed by atoms with Crippen molar-refractivity contribution in [2.45, 2.75) is 30.3 Å². The topological polar surface area (TPSA) is 120 Å². The highest BCUT2D eigenvalue weighted by atomic mass is 16.6. The zero-order chi connectivity index (χ0) is 14.0. The van der Waals surface area contributed by atoms with E-state index >= 15 is 0 Å². The minimum atomic E-state index is -1.46. The van der Waals surface area contributed by atoms with Crippen LogP contribution >= 0.6 is 0 Å². The van der Waals surface area contributed by atoms with Gasteiger partial charge in [-0.1, -0.05) is 0 Å². The van der Waals surface area contributed by atoms with E-state index in [0.717, 1.165) is 0 Å². The molecule has 4 atom stereocenters. The zero-order valence-electron chi connectivity index (χ0n) is 10.1. The summed E-state index contributed by atoms with van der Waals surface area (Å²) in [7, 11) is 0. The Labute approximate surface area is 109 Å². The summed E-state index contributed by atoms with van der Waals surface area (Å²) in [6, 6.07) is 1.52. The van der Waals surface area contributed by atoms with Gasteiger partial charge < -0.3 is 29.6 Å². The summed E-state index contributed by atoms with van der Waals surface area (Å²) in [5.74, 6) is 0.0746. The lowest BCUT2D eigenvalue weighted by Crippen LogP contribution is -2.48. The minimum absolute atomic E-state index is 0.0111. The van der Waals surface area contributed by atoms with Gasteiger partial charge in [-0.05, 0) is 6.07 Å². The molecule has 2 heterocycles. The quantitative estimate of drug-likeness (QED) is 0.480. The summed E-state index contributed by atoms with van der Waals surface area (Å²) in [4.78, 5) is 10.8. The molecule has 0 saturated carbocycles. The molecule has 0 aromatic carbocycles. The molecule has 4 N–H and O–H groups in total. The number of carbonyl (C=O) groups excluding carboxylic acids is 1. The molecule has 0 spiro atoms. The van der Waals surface area contributed by atoms with E-state index in [9.17, 15) is 20.1 Å². The van der Waals surface area contributed by atoms with Gasteiger partial charge in [0.15, 0.2) is 12.0 Å². The molecule has 2 rings (SSSR count). The van der Waals surface area contributed by atoms with Gasteiger partial charge in [0.1, 0.15) is 23.9 Å². The third-order valence-electron chi connectivity index (χ3n) is 3.45. The van der Waals surface area contributed by atoms with Crippen LogP contribution in [0.1, 0.15) is 16.1 Å². The monoisotopic (exact) mass is 272 g/mol. The van der Waals surface area contributed by atoms with Crippen molar-refractivity contribution in [3.8, 4) is 0 Å². The maximum absolute atomic E-state index is 10.8. The number of rotatable bonds is 5. The van der Waals surface area contributed by atoms with Crippen LogP contribution in [-0.4, -0.2) is 63.8 Å². The smallest absolute Gasteiger partial charge is 0.185 e. The van der Waals surface area contributed by atoms with Gasteiger partial charge in [0, 0.05) is 12.0 Å². The Hall–Kier alpha value is -1.25. The standard InChI is InChI=1S/C12H16O7/c13-4-8-7(1-2-18-8)3-12(6-15)11(17)10(16)9(5-14)19-12/h1-2,4,9-11,14-17H,3,5-6H2/t9-,10-,11+,12?/m1/s1. The van der Waals surface area contributed by atoms with Crippen LogP contribution in [0.2, 0.25) is 0 Å². The Bertz CT molecular complexity index is 443. The van der Waals surface area contributed by atoms with Crippen LogP contribution in [0.25, 0.3) is 0 Å². The van der Waals surface area contributed by atoms with Crippen LogP contribution in [0.15, 0.2) is 16.7 Å². The van der Waals surface area contributed by atoms with Gasteiger partial charge in [0.05, 0.1) is 19.5 Å². The first-order valence-corrected chi connectivity index (χ1v) is 5.85. The number of hydrogen-bond donors (Lipinski definition) is 4. The molecule has 0 amide bonds. The lowest BCUT2D eigenvalue weighted by atomic mass is 9.88. The molecule has 0 aliphatic carbocycles. The van der Waals surface area contributed by atoms with Crippen molar-refractivity contribution in [1.82, 2.24) is 0 Å². The van der Waals surface area contributed by atoms with Gasteiger partial charge in [0.25, 0.3) is 0 Å². The first-order valence-electron chi connectivity index (χ1n) is 5.85. The molecule has 1 saturated heterocycles. The van der Waals surface area contributed by atoms with Crippen molar-refractivity contribution in [1.29, 1.82) is 0 Å². The molecule has 7 nitrogen and oxygen atoms in total. The average molecular weight is 272 g/mol. The van der Waals surface area contributed by atoms with E-state index in [1.165, 1.54) is 12.3 Å². The third-order valence-corrected chi connectivity index (χ3v) is 3.45. The van der Waals surface area contributed by atoms with E-state index in [-0.39, 0.29) is 12.2 Å². The van der Waals surface area contributed by atoms with Gasteiger partial charge in [-0.15, -0.1) is 0 Å². The molecule has 7 heteroatoms. The first-order chi connectivity index (χ1) is 9.07. The van der Waals surface area contributed by atoms with E-state index in [4.69, 9.17) is 14.3 Å². The number of aliphatic hydroxyl groups is 4. The van der Waals surface area contributed by atoms with Gasteiger partial charge in [-0.25, -0.2) is 0 Å². The number of carbonyl (C=O) groups is 1. The summed E-state index contributed by atoms with van der Waals surface area (Å²) in [6.45, 7) is -1.04. The molecule has 0 bridgehead atoms. The van der Waals surface area contributed by atoms with Crippen molar-refractivity contribution >= 4 is 6.29 Å². The highest BCUT2D eigenvalue weighted by Crippen LogP contribution is 2.34. The van der Waals surface area contributed by atoms with E-state index in [1.54, 1.807) is 0 Å². The van der Waals surface area contributed by atoms with Gasteiger partial charge >= 0.3 is 0 Å². The normalized spacial score (nSPS) is 34.6. The summed E-state index contributed by atoms with van der Waals surface area (Å²) >= 11 is 0. The second-order valence-electron chi connectivity index (χ2n) is 4.60. The molecule has 0 radical (unpaired) electrons. The summed E-state index contributed by atoms with van der Waals surface area (Å²) < 4.78 is 10.3. The largest absolute Gasteiger partial charge is 0.461 e. The zero-order valence-corrected chi connectivity index (χ0v) is 10.1. The Kier molecular flexibility index (Phi) is 4.02. The van der Waals surface area contributed by atoms with Gasteiger partial charge in [0.2, 0.25) is 0 Å². The Morgan fingerprint density at radius 1 is 1.37 bits per heavy atom. The van der Waals surface area contributed by atoms with Crippen molar-refractivity contribution in [2.75, 3.05) is 13.2 Å². The van der Waals surface area contributed by atoms with Crippen molar-refractivity contribution in [2.24, 2.45) is 0 Å². The van der Waals surface area contributed by atoms with Crippen LogP contribution < -0.4 is 0 Å². The van der Waals surface area contributed by atoms with Crippen LogP contribution in [0.5, 0.6) is 0 Å². The predicted molar refractivity (Wildman–Crippen MR) is 61.6 cm³/mol. The molecule has 1 aromatic rings. The lowest BCUT2D eigenvalue weighted by Gasteiger charge is -2.29. The number of hydrogen-bond acceptors (Lipinski definition) is 7. The van der Waals surface area contributed by atoms with Gasteiger partial charge in [-0.3, -0.25) is 4.79 Å². The highest BCUT2D eigenvalue weighted by molar-refractivity contribution is 5.73. The Morgan fingerprint density at radius 2 is 2.11 bits per heavy atom. The van der Waals surface area contributed by atoms with E-state index in [2.05, 4.69) is 0 Å². The predicted octanol–water partition coefficient (Wildman–Crippen LogP) is -1.52. The summed E-state index contributed by atoms with van der Waals surface area (Å²) in [5, 5.41) is 38.3. The van der Waals surface area contributed by atoms with Crippen molar-refractivity contribution in [3.05, 3.63) is 23.7 Å². The molecule has 106 valence electrons. The van der Waals surface area contributed by atoms with Crippen molar-refractivity contribution < 1.29 is 34.4 Å². The molecule has 1 aromatic heterocycles. The molecule has 1 fully saturated rings. The Balaban J connectivity index is 2.26. The number of ether oxygens (including phenoxy) is 1. The van der Waals surface area contributed by atoms with Crippen LogP contribution in [0.3, 0.4) is 0 Å². The van der Waals surface area contributed by atoms with Crippen LogP contribution in [0.4, 0.5) is 0 Å². The number of furan rings is 1. The molecule has 19 heavy (non-hydrogen) atoms. The molecule has 1 aliphatic heterocycles. The maximum Gasteiger partial charge on any atom is 0.185 e. The molecule has 1 aliphatic rings. The molecule has 1 unspecified atom stereocenters. The van der Waals surface area contributed by atoms with E-state index < -0.39 is 37.1 Å². The second kappa shape index (κ2) is 5.40. The fourth-order valence-electron chi connectivity index (χ4n) is 2.35. The maximum atomic E-state index is 10.8. The minimum Gasteiger partial charge on any atom is -0.461 e. The first kappa shape index (κ1) is 14.2. The fraction of sp³-hybridized carbons (Fsp3) is 0.583. The summed E-state index contributed by atoms with van der Waals surface area (Å²) in [6.07, 6.45) is -1.84. The number of aldehydes is 1. The van der Waals surface area contributed by atoms with Crippen LogP contribution in [-0.2, 0) is 11.2 Å². The SMILES string of the molecule is O=Cc1occc1CC1(CO)O[C@H](CO)[C@@H](O)[C@@H]1O. The van der Waals surface area contributed by atoms with Gasteiger partial charge in [-0.2, -0.15) is 0 Å². The average Bonchev–Trinajstić information content (AvgIpc) is 2.97. The van der Waals surface area contributed by atoms with E-state index in [0.29, 0.717) is 11.8 Å². The third kappa shape index (κ3) is 2.31. The fourth-order valence-corrected chi connectivity index (χ4v) is 2.35. The lowest BCUT2D eigenvalue weighted by molar-refractivity contribution is -0.118. The molecular weight excluding hydrogens is 256 g/mol. The van der Waals surface area contributed by atoms with Crippen LogP contribution in [0, 0.1) is 0 Å².